The SMILES string of the molecule is C=C(C)CC(C)C(CC)C(=C)c1ccccc1. The van der Waals surface area contributed by atoms with Gasteiger partial charge in [-0.3, -0.25) is 0 Å². The fraction of sp³-hybridized carbons (Fsp3) is 0.412. The molecule has 17 heavy (non-hydrogen) atoms. The summed E-state index contributed by atoms with van der Waals surface area (Å²) >= 11 is 0. The zero-order valence-corrected chi connectivity index (χ0v) is 11.4. The van der Waals surface area contributed by atoms with Gasteiger partial charge < -0.3 is 0 Å². The molecule has 0 bridgehead atoms. The van der Waals surface area contributed by atoms with Crippen molar-refractivity contribution in [2.75, 3.05) is 0 Å². The van der Waals surface area contributed by atoms with E-state index in [-0.39, 0.29) is 0 Å². The summed E-state index contributed by atoms with van der Waals surface area (Å²) in [5.41, 5.74) is 3.80. The van der Waals surface area contributed by atoms with Crippen LogP contribution in [0.4, 0.5) is 0 Å². The number of allylic oxidation sites excluding steroid dienone is 2. The molecule has 1 aromatic carbocycles. The predicted octanol–water partition coefficient (Wildman–Crippen LogP) is 5.33. The van der Waals surface area contributed by atoms with Gasteiger partial charge in [0.05, 0.1) is 0 Å². The lowest BCUT2D eigenvalue weighted by molar-refractivity contribution is 0.427. The Kier molecular flexibility index (Phi) is 5.21. The maximum Gasteiger partial charge on any atom is -0.0136 e. The molecule has 0 aliphatic carbocycles. The third-order valence-electron chi connectivity index (χ3n) is 3.39. The average molecular weight is 228 g/mol. The molecule has 0 amide bonds. The highest BCUT2D eigenvalue weighted by Gasteiger charge is 2.19. The molecule has 2 unspecified atom stereocenters. The minimum Gasteiger partial charge on any atom is -0.100 e. The van der Waals surface area contributed by atoms with Gasteiger partial charge in [0.15, 0.2) is 0 Å². The van der Waals surface area contributed by atoms with Gasteiger partial charge in [-0.05, 0) is 42.7 Å². The van der Waals surface area contributed by atoms with Gasteiger partial charge in [-0.1, -0.05) is 56.3 Å². The van der Waals surface area contributed by atoms with E-state index in [9.17, 15) is 0 Å². The molecule has 0 spiro atoms. The second kappa shape index (κ2) is 6.44. The molecule has 0 fully saturated rings. The number of hydrogen-bond donors (Lipinski definition) is 0. The fourth-order valence-corrected chi connectivity index (χ4v) is 2.55. The van der Waals surface area contributed by atoms with E-state index < -0.39 is 0 Å². The highest BCUT2D eigenvalue weighted by molar-refractivity contribution is 5.65. The summed E-state index contributed by atoms with van der Waals surface area (Å²) < 4.78 is 0. The van der Waals surface area contributed by atoms with Crippen LogP contribution in [-0.2, 0) is 0 Å². The third-order valence-corrected chi connectivity index (χ3v) is 3.39. The summed E-state index contributed by atoms with van der Waals surface area (Å²) in [5, 5.41) is 0. The molecule has 0 nitrogen and oxygen atoms in total. The van der Waals surface area contributed by atoms with Crippen LogP contribution < -0.4 is 0 Å². The van der Waals surface area contributed by atoms with E-state index >= 15 is 0 Å². The van der Waals surface area contributed by atoms with Crippen LogP contribution in [0.1, 0.15) is 39.2 Å². The minimum atomic E-state index is 0.550. The Hall–Kier alpha value is -1.30. The van der Waals surface area contributed by atoms with Crippen LogP contribution in [0.5, 0.6) is 0 Å². The monoisotopic (exact) mass is 228 g/mol. The van der Waals surface area contributed by atoms with Crippen molar-refractivity contribution in [1.29, 1.82) is 0 Å². The second-order valence-corrected chi connectivity index (χ2v) is 5.04. The van der Waals surface area contributed by atoms with Crippen LogP contribution in [0.15, 0.2) is 49.1 Å². The molecule has 1 aromatic rings. The van der Waals surface area contributed by atoms with Crippen LogP contribution >= 0.6 is 0 Å². The van der Waals surface area contributed by atoms with Gasteiger partial charge in [0.25, 0.3) is 0 Å². The Morgan fingerprint density at radius 3 is 2.24 bits per heavy atom. The summed E-state index contributed by atoms with van der Waals surface area (Å²) in [7, 11) is 0. The van der Waals surface area contributed by atoms with E-state index in [0.717, 1.165) is 12.8 Å². The highest BCUT2D eigenvalue weighted by Crippen LogP contribution is 2.33. The molecule has 0 aromatic heterocycles. The van der Waals surface area contributed by atoms with Crippen molar-refractivity contribution in [3.63, 3.8) is 0 Å². The Morgan fingerprint density at radius 1 is 1.18 bits per heavy atom. The largest absolute Gasteiger partial charge is 0.100 e. The Morgan fingerprint density at radius 2 is 1.76 bits per heavy atom. The number of hydrogen-bond acceptors (Lipinski definition) is 0. The van der Waals surface area contributed by atoms with Crippen molar-refractivity contribution in [2.24, 2.45) is 11.8 Å². The fourth-order valence-electron chi connectivity index (χ4n) is 2.55. The molecular weight excluding hydrogens is 204 g/mol. The highest BCUT2D eigenvalue weighted by atomic mass is 14.2. The first kappa shape index (κ1) is 13.8. The molecular formula is C17H24. The molecule has 1 rings (SSSR count). The maximum absolute atomic E-state index is 4.29. The van der Waals surface area contributed by atoms with Crippen LogP contribution in [0.2, 0.25) is 0 Å². The molecule has 0 radical (unpaired) electrons. The summed E-state index contributed by atoms with van der Waals surface area (Å²) in [4.78, 5) is 0. The molecule has 0 N–H and O–H groups in total. The van der Waals surface area contributed by atoms with Crippen LogP contribution in [0.25, 0.3) is 5.57 Å². The first-order valence-electron chi connectivity index (χ1n) is 6.44. The summed E-state index contributed by atoms with van der Waals surface area (Å²) in [6.45, 7) is 15.0. The lowest BCUT2D eigenvalue weighted by Gasteiger charge is -2.25. The summed E-state index contributed by atoms with van der Waals surface area (Å²) in [5.74, 6) is 1.17. The Bertz CT molecular complexity index is 372. The van der Waals surface area contributed by atoms with Crippen molar-refractivity contribution >= 4 is 5.57 Å². The van der Waals surface area contributed by atoms with Gasteiger partial charge in [0.2, 0.25) is 0 Å². The zero-order valence-electron chi connectivity index (χ0n) is 11.4. The van der Waals surface area contributed by atoms with E-state index in [4.69, 9.17) is 0 Å². The maximum atomic E-state index is 4.29. The molecule has 0 heterocycles. The Labute approximate surface area is 106 Å². The van der Waals surface area contributed by atoms with Gasteiger partial charge in [0, 0.05) is 0 Å². The molecule has 0 saturated carbocycles. The van der Waals surface area contributed by atoms with E-state index in [1.54, 1.807) is 0 Å². The van der Waals surface area contributed by atoms with Gasteiger partial charge in [-0.25, -0.2) is 0 Å². The van der Waals surface area contributed by atoms with Crippen LogP contribution in [0.3, 0.4) is 0 Å². The van der Waals surface area contributed by atoms with E-state index in [1.807, 2.05) is 0 Å². The van der Waals surface area contributed by atoms with Crippen molar-refractivity contribution in [2.45, 2.75) is 33.6 Å². The zero-order chi connectivity index (χ0) is 12.8. The molecule has 0 aliphatic rings. The lowest BCUT2D eigenvalue weighted by atomic mass is 9.80. The van der Waals surface area contributed by atoms with Crippen molar-refractivity contribution in [3.05, 3.63) is 54.6 Å². The predicted molar refractivity (Wildman–Crippen MR) is 77.9 cm³/mol. The Balaban J connectivity index is 2.81. The first-order chi connectivity index (χ1) is 8.06. The van der Waals surface area contributed by atoms with Crippen molar-refractivity contribution in [1.82, 2.24) is 0 Å². The topological polar surface area (TPSA) is 0 Å². The van der Waals surface area contributed by atoms with Gasteiger partial charge in [-0.2, -0.15) is 0 Å². The second-order valence-electron chi connectivity index (χ2n) is 5.04. The average Bonchev–Trinajstić information content (AvgIpc) is 2.30. The first-order valence-corrected chi connectivity index (χ1v) is 6.44. The third kappa shape index (κ3) is 3.89. The molecule has 2 atom stereocenters. The minimum absolute atomic E-state index is 0.550. The normalized spacial score (nSPS) is 14.1. The molecule has 0 aliphatic heterocycles. The summed E-state index contributed by atoms with van der Waals surface area (Å²) in [6.07, 6.45) is 2.23. The molecule has 92 valence electrons. The van der Waals surface area contributed by atoms with Crippen molar-refractivity contribution in [3.8, 4) is 0 Å². The number of benzene rings is 1. The molecule has 0 heteroatoms. The van der Waals surface area contributed by atoms with E-state index in [2.05, 4.69) is 64.3 Å². The smallest absolute Gasteiger partial charge is 0.0136 e. The van der Waals surface area contributed by atoms with Crippen LogP contribution in [0, 0.1) is 11.8 Å². The van der Waals surface area contributed by atoms with Gasteiger partial charge in [0.1, 0.15) is 0 Å². The lowest BCUT2D eigenvalue weighted by Crippen LogP contribution is -2.12. The number of rotatable bonds is 6. The standard InChI is InChI=1S/C17H24/c1-6-17(14(4)12-13(2)3)15(5)16-10-8-7-9-11-16/h7-11,14,17H,2,5-6,12H2,1,3-4H3. The van der Waals surface area contributed by atoms with E-state index in [1.165, 1.54) is 16.7 Å². The van der Waals surface area contributed by atoms with Gasteiger partial charge in [-0.15, -0.1) is 6.58 Å². The van der Waals surface area contributed by atoms with Crippen molar-refractivity contribution < 1.29 is 0 Å². The summed E-state index contributed by atoms with van der Waals surface area (Å²) in [6, 6.07) is 10.5. The van der Waals surface area contributed by atoms with Crippen LogP contribution in [-0.4, -0.2) is 0 Å². The molecule has 0 saturated heterocycles. The van der Waals surface area contributed by atoms with Gasteiger partial charge >= 0.3 is 0 Å². The van der Waals surface area contributed by atoms with E-state index in [0.29, 0.717) is 11.8 Å². The quantitative estimate of drug-likeness (QED) is 0.577.